The molecule has 3 aromatic rings. The maximum absolute atomic E-state index is 13.4. The fourth-order valence-corrected chi connectivity index (χ4v) is 3.75. The number of ether oxygens (including phenoxy) is 1. The molecule has 6 heteroatoms. The number of carbonyl (C=O) groups excluding carboxylic acids is 1. The Labute approximate surface area is 167 Å². The van der Waals surface area contributed by atoms with Crippen LogP contribution in [0.1, 0.15) is 33.3 Å². The van der Waals surface area contributed by atoms with Crippen LogP contribution in [-0.4, -0.2) is 35.7 Å². The SMILES string of the molecule is C=CCOc1cccc([C@H]2c3c(oc4ccc(C)cc4c3=O)C(=O)N2CCO)c1. The molecule has 29 heavy (non-hydrogen) atoms. The topological polar surface area (TPSA) is 80.0 Å². The molecule has 0 radical (unpaired) electrons. The predicted octanol–water partition coefficient (Wildman–Crippen LogP) is 3.20. The van der Waals surface area contributed by atoms with E-state index in [9.17, 15) is 14.7 Å². The molecule has 2 aromatic carbocycles. The number of aryl methyl sites for hydroxylation is 1. The second kappa shape index (κ2) is 7.56. The number of rotatable bonds is 6. The fourth-order valence-electron chi connectivity index (χ4n) is 3.75. The van der Waals surface area contributed by atoms with E-state index in [0.717, 1.165) is 5.56 Å². The van der Waals surface area contributed by atoms with E-state index in [-0.39, 0.29) is 24.3 Å². The van der Waals surface area contributed by atoms with E-state index in [1.54, 1.807) is 36.4 Å². The van der Waals surface area contributed by atoms with Gasteiger partial charge in [0.1, 0.15) is 17.9 Å². The van der Waals surface area contributed by atoms with Gasteiger partial charge in [-0.05, 0) is 36.8 Å². The van der Waals surface area contributed by atoms with Gasteiger partial charge in [-0.1, -0.05) is 36.4 Å². The molecule has 1 amide bonds. The quantitative estimate of drug-likeness (QED) is 0.653. The Morgan fingerprint density at radius 3 is 2.83 bits per heavy atom. The molecule has 0 bridgehead atoms. The number of fused-ring (bicyclic) bond motifs is 2. The van der Waals surface area contributed by atoms with E-state index in [4.69, 9.17) is 9.15 Å². The third-order valence-corrected chi connectivity index (χ3v) is 5.00. The van der Waals surface area contributed by atoms with Crippen molar-refractivity contribution in [2.45, 2.75) is 13.0 Å². The van der Waals surface area contributed by atoms with Gasteiger partial charge in [-0.25, -0.2) is 0 Å². The average molecular weight is 391 g/mol. The van der Waals surface area contributed by atoms with Crippen molar-refractivity contribution in [2.24, 2.45) is 0 Å². The highest BCUT2D eigenvalue weighted by molar-refractivity contribution is 5.99. The Hall–Kier alpha value is -3.38. The molecule has 6 nitrogen and oxygen atoms in total. The summed E-state index contributed by atoms with van der Waals surface area (Å²) < 4.78 is 11.5. The molecule has 1 atom stereocenters. The molecule has 0 saturated heterocycles. The van der Waals surface area contributed by atoms with E-state index >= 15 is 0 Å². The molecule has 0 fully saturated rings. The van der Waals surface area contributed by atoms with Crippen molar-refractivity contribution in [1.82, 2.24) is 4.90 Å². The van der Waals surface area contributed by atoms with Gasteiger partial charge in [-0.3, -0.25) is 9.59 Å². The average Bonchev–Trinajstić information content (AvgIpc) is 3.00. The van der Waals surface area contributed by atoms with Gasteiger partial charge in [0.15, 0.2) is 5.43 Å². The van der Waals surface area contributed by atoms with Crippen molar-refractivity contribution < 1.29 is 19.1 Å². The Kier molecular flexibility index (Phi) is 4.94. The molecular weight excluding hydrogens is 370 g/mol. The van der Waals surface area contributed by atoms with Crippen LogP contribution in [0.2, 0.25) is 0 Å². The number of aliphatic hydroxyl groups excluding tert-OH is 1. The third-order valence-electron chi connectivity index (χ3n) is 5.00. The van der Waals surface area contributed by atoms with Crippen LogP contribution in [0.25, 0.3) is 11.0 Å². The standard InChI is InChI=1S/C23H21NO5/c1-3-11-28-16-6-4-5-15(13-16)20-19-21(26)17-12-14(2)7-8-18(17)29-22(19)23(27)24(20)9-10-25/h3-8,12-13,20,25H,1,9-11H2,2H3/t20-/m0/s1. The van der Waals surface area contributed by atoms with Gasteiger partial charge in [0.2, 0.25) is 5.76 Å². The zero-order valence-electron chi connectivity index (χ0n) is 16.1. The number of amides is 1. The van der Waals surface area contributed by atoms with Crippen LogP contribution in [-0.2, 0) is 0 Å². The Morgan fingerprint density at radius 1 is 1.24 bits per heavy atom. The largest absolute Gasteiger partial charge is 0.490 e. The lowest BCUT2D eigenvalue weighted by molar-refractivity contribution is 0.0691. The number of β-amino-alcohol motifs (C(OH)–C–C–N with tert-alkyl or cyclic N) is 1. The molecular formula is C23H21NO5. The highest BCUT2D eigenvalue weighted by Crippen LogP contribution is 2.38. The number of benzene rings is 2. The molecule has 0 spiro atoms. The highest BCUT2D eigenvalue weighted by Gasteiger charge is 2.42. The van der Waals surface area contributed by atoms with E-state index in [0.29, 0.717) is 34.5 Å². The van der Waals surface area contributed by atoms with Crippen LogP contribution in [0.5, 0.6) is 5.75 Å². The fraction of sp³-hybridized carbons (Fsp3) is 0.217. The zero-order valence-corrected chi connectivity index (χ0v) is 16.1. The molecule has 148 valence electrons. The molecule has 1 N–H and O–H groups in total. The van der Waals surface area contributed by atoms with E-state index in [1.165, 1.54) is 4.90 Å². The summed E-state index contributed by atoms with van der Waals surface area (Å²) in [5.74, 6) is 0.228. The van der Waals surface area contributed by atoms with Gasteiger partial charge >= 0.3 is 0 Å². The lowest BCUT2D eigenvalue weighted by Crippen LogP contribution is -2.32. The number of aliphatic hydroxyl groups is 1. The first-order valence-electron chi connectivity index (χ1n) is 9.38. The van der Waals surface area contributed by atoms with E-state index < -0.39 is 11.9 Å². The van der Waals surface area contributed by atoms with Gasteiger partial charge < -0.3 is 19.2 Å². The van der Waals surface area contributed by atoms with Gasteiger partial charge in [-0.15, -0.1) is 0 Å². The lowest BCUT2D eigenvalue weighted by atomic mass is 9.98. The minimum Gasteiger partial charge on any atom is -0.490 e. The monoisotopic (exact) mass is 391 g/mol. The summed E-state index contributed by atoms with van der Waals surface area (Å²) in [6.45, 7) is 5.74. The lowest BCUT2D eigenvalue weighted by Gasteiger charge is -2.24. The van der Waals surface area contributed by atoms with Crippen LogP contribution < -0.4 is 10.2 Å². The first-order valence-corrected chi connectivity index (χ1v) is 9.38. The minimum atomic E-state index is -0.655. The second-order valence-corrected chi connectivity index (χ2v) is 6.97. The molecule has 2 heterocycles. The molecule has 0 saturated carbocycles. The maximum atomic E-state index is 13.4. The maximum Gasteiger partial charge on any atom is 0.290 e. The molecule has 0 aliphatic carbocycles. The Bertz CT molecular complexity index is 1160. The molecule has 1 aromatic heterocycles. The zero-order chi connectivity index (χ0) is 20.5. The molecule has 4 rings (SSSR count). The number of carbonyl (C=O) groups is 1. The summed E-state index contributed by atoms with van der Waals surface area (Å²) in [7, 11) is 0. The first-order chi connectivity index (χ1) is 14.0. The van der Waals surface area contributed by atoms with E-state index in [1.807, 2.05) is 19.1 Å². The summed E-state index contributed by atoms with van der Waals surface area (Å²) in [5.41, 5.74) is 2.08. The first kappa shape index (κ1) is 19.0. The number of nitrogens with zero attached hydrogens (tertiary/aromatic N) is 1. The van der Waals surface area contributed by atoms with Crippen molar-refractivity contribution in [3.8, 4) is 5.75 Å². The van der Waals surface area contributed by atoms with Gasteiger partial charge in [0, 0.05) is 6.54 Å². The summed E-state index contributed by atoms with van der Waals surface area (Å²) in [4.78, 5) is 27.9. The molecule has 0 unspecified atom stereocenters. The van der Waals surface area contributed by atoms with Crippen LogP contribution in [0.15, 0.2) is 64.3 Å². The number of hydrogen-bond donors (Lipinski definition) is 1. The second-order valence-electron chi connectivity index (χ2n) is 6.97. The van der Waals surface area contributed by atoms with Crippen LogP contribution in [0.4, 0.5) is 0 Å². The van der Waals surface area contributed by atoms with Crippen LogP contribution >= 0.6 is 0 Å². The van der Waals surface area contributed by atoms with Crippen molar-refractivity contribution in [3.05, 3.63) is 87.8 Å². The summed E-state index contributed by atoms with van der Waals surface area (Å²) in [6.07, 6.45) is 1.64. The normalized spacial score (nSPS) is 15.6. The third kappa shape index (κ3) is 3.21. The minimum absolute atomic E-state index is 0.0298. The van der Waals surface area contributed by atoms with E-state index in [2.05, 4.69) is 6.58 Å². The predicted molar refractivity (Wildman–Crippen MR) is 109 cm³/mol. The smallest absolute Gasteiger partial charge is 0.290 e. The summed E-state index contributed by atoms with van der Waals surface area (Å²) in [5, 5.41) is 9.95. The van der Waals surface area contributed by atoms with Gasteiger partial charge in [-0.2, -0.15) is 0 Å². The van der Waals surface area contributed by atoms with Crippen molar-refractivity contribution >= 4 is 16.9 Å². The Morgan fingerprint density at radius 2 is 2.07 bits per heavy atom. The Balaban J connectivity index is 1.93. The molecule has 1 aliphatic rings. The summed E-state index contributed by atoms with van der Waals surface area (Å²) in [6, 6.07) is 11.9. The number of hydrogen-bond acceptors (Lipinski definition) is 5. The van der Waals surface area contributed by atoms with Crippen molar-refractivity contribution in [1.29, 1.82) is 0 Å². The van der Waals surface area contributed by atoms with Crippen molar-refractivity contribution in [2.75, 3.05) is 19.8 Å². The van der Waals surface area contributed by atoms with Crippen molar-refractivity contribution in [3.63, 3.8) is 0 Å². The van der Waals surface area contributed by atoms with Gasteiger partial charge in [0.05, 0.1) is 23.6 Å². The highest BCUT2D eigenvalue weighted by atomic mass is 16.5. The molecule has 1 aliphatic heterocycles. The summed E-state index contributed by atoms with van der Waals surface area (Å²) >= 11 is 0. The van der Waals surface area contributed by atoms with Crippen LogP contribution in [0.3, 0.4) is 0 Å². The van der Waals surface area contributed by atoms with Gasteiger partial charge in [0.25, 0.3) is 5.91 Å². The van der Waals surface area contributed by atoms with Crippen LogP contribution in [0, 0.1) is 6.92 Å².